The summed E-state index contributed by atoms with van der Waals surface area (Å²) in [7, 11) is 1.26. The quantitative estimate of drug-likeness (QED) is 0.760. The SMILES string of the molecule is COC(=O)CNc1cc(F)cc(C#N)c1. The van der Waals surface area contributed by atoms with E-state index in [2.05, 4.69) is 10.1 Å². The lowest BCUT2D eigenvalue weighted by molar-refractivity contribution is -0.138. The lowest BCUT2D eigenvalue weighted by Crippen LogP contribution is -2.15. The number of hydrogen-bond acceptors (Lipinski definition) is 4. The van der Waals surface area contributed by atoms with Crippen molar-refractivity contribution < 1.29 is 13.9 Å². The molecule has 0 aliphatic carbocycles. The summed E-state index contributed by atoms with van der Waals surface area (Å²) in [6.07, 6.45) is 0. The van der Waals surface area contributed by atoms with Gasteiger partial charge in [0.05, 0.1) is 18.7 Å². The van der Waals surface area contributed by atoms with Crippen molar-refractivity contribution in [3.63, 3.8) is 0 Å². The smallest absolute Gasteiger partial charge is 0.325 e. The van der Waals surface area contributed by atoms with Crippen molar-refractivity contribution in [2.75, 3.05) is 19.0 Å². The van der Waals surface area contributed by atoms with Crippen LogP contribution in [0.3, 0.4) is 0 Å². The van der Waals surface area contributed by atoms with Gasteiger partial charge in [0.15, 0.2) is 0 Å². The number of carbonyl (C=O) groups is 1. The molecule has 0 radical (unpaired) electrons. The maximum Gasteiger partial charge on any atom is 0.325 e. The largest absolute Gasteiger partial charge is 0.468 e. The van der Waals surface area contributed by atoms with Gasteiger partial charge in [0.25, 0.3) is 0 Å². The molecule has 1 N–H and O–H groups in total. The van der Waals surface area contributed by atoms with Crippen LogP contribution in [-0.2, 0) is 9.53 Å². The molecule has 0 saturated carbocycles. The highest BCUT2D eigenvalue weighted by Crippen LogP contribution is 2.12. The second kappa shape index (κ2) is 4.96. The van der Waals surface area contributed by atoms with E-state index in [-0.39, 0.29) is 12.1 Å². The molecule has 0 saturated heterocycles. The highest BCUT2D eigenvalue weighted by molar-refractivity contribution is 5.74. The Morgan fingerprint density at radius 2 is 2.33 bits per heavy atom. The van der Waals surface area contributed by atoms with Crippen LogP contribution in [0.1, 0.15) is 5.56 Å². The van der Waals surface area contributed by atoms with Gasteiger partial charge >= 0.3 is 5.97 Å². The molecule has 0 amide bonds. The summed E-state index contributed by atoms with van der Waals surface area (Å²) in [6.45, 7) is -0.0647. The first kappa shape index (κ1) is 11.0. The number of ether oxygens (including phenoxy) is 1. The molecule has 0 atom stereocenters. The fraction of sp³-hybridized carbons (Fsp3) is 0.200. The molecule has 5 heteroatoms. The first-order valence-electron chi connectivity index (χ1n) is 4.17. The number of hydrogen-bond donors (Lipinski definition) is 1. The fourth-order valence-electron chi connectivity index (χ4n) is 1.00. The zero-order valence-corrected chi connectivity index (χ0v) is 8.08. The number of rotatable bonds is 3. The summed E-state index contributed by atoms with van der Waals surface area (Å²) in [6, 6.07) is 5.58. The molecular formula is C10H9FN2O2. The Labute approximate surface area is 86.3 Å². The standard InChI is InChI=1S/C10H9FN2O2/c1-15-10(14)6-13-9-3-7(5-12)2-8(11)4-9/h2-4,13H,6H2,1H3. The van der Waals surface area contributed by atoms with Gasteiger partial charge in [-0.05, 0) is 18.2 Å². The third-order valence-corrected chi connectivity index (χ3v) is 1.69. The summed E-state index contributed by atoms with van der Waals surface area (Å²) in [4.78, 5) is 10.8. The number of benzene rings is 1. The Kier molecular flexibility index (Phi) is 3.63. The van der Waals surface area contributed by atoms with Crippen LogP contribution in [0.25, 0.3) is 0 Å². The van der Waals surface area contributed by atoms with E-state index < -0.39 is 11.8 Å². The van der Waals surface area contributed by atoms with E-state index in [1.165, 1.54) is 19.2 Å². The number of nitrogens with one attached hydrogen (secondary N) is 1. The number of anilines is 1. The van der Waals surface area contributed by atoms with E-state index in [0.717, 1.165) is 6.07 Å². The van der Waals surface area contributed by atoms with Crippen LogP contribution in [0.5, 0.6) is 0 Å². The number of nitriles is 1. The van der Waals surface area contributed by atoms with Crippen molar-refractivity contribution in [2.24, 2.45) is 0 Å². The lowest BCUT2D eigenvalue weighted by Gasteiger charge is -2.05. The molecule has 1 rings (SSSR count). The topological polar surface area (TPSA) is 62.1 Å². The van der Waals surface area contributed by atoms with Gasteiger partial charge in [-0.25, -0.2) is 4.39 Å². The molecule has 1 aromatic rings. The minimum absolute atomic E-state index is 0.0647. The Morgan fingerprint density at radius 1 is 1.60 bits per heavy atom. The first-order valence-corrected chi connectivity index (χ1v) is 4.17. The van der Waals surface area contributed by atoms with Crippen LogP contribution in [0.2, 0.25) is 0 Å². The van der Waals surface area contributed by atoms with Gasteiger partial charge in [0.1, 0.15) is 12.4 Å². The van der Waals surface area contributed by atoms with Gasteiger partial charge in [-0.2, -0.15) is 5.26 Å². The summed E-state index contributed by atoms with van der Waals surface area (Å²) in [5.41, 5.74) is 0.569. The van der Waals surface area contributed by atoms with Crippen molar-refractivity contribution in [1.29, 1.82) is 5.26 Å². The number of halogens is 1. The zero-order chi connectivity index (χ0) is 11.3. The number of methoxy groups -OCH3 is 1. The molecule has 0 fully saturated rings. The summed E-state index contributed by atoms with van der Waals surface area (Å²) >= 11 is 0. The van der Waals surface area contributed by atoms with Gasteiger partial charge in [-0.15, -0.1) is 0 Å². The van der Waals surface area contributed by atoms with E-state index in [9.17, 15) is 9.18 Å². The van der Waals surface area contributed by atoms with E-state index >= 15 is 0 Å². The molecule has 0 spiro atoms. The lowest BCUT2D eigenvalue weighted by atomic mass is 10.2. The highest BCUT2D eigenvalue weighted by atomic mass is 19.1. The number of esters is 1. The van der Waals surface area contributed by atoms with E-state index in [1.807, 2.05) is 6.07 Å². The van der Waals surface area contributed by atoms with Crippen LogP contribution in [0.15, 0.2) is 18.2 Å². The second-order valence-corrected chi connectivity index (χ2v) is 2.77. The Bertz CT molecular complexity index is 412. The summed E-state index contributed by atoms with van der Waals surface area (Å²) in [5.74, 6) is -0.987. The molecule has 0 aromatic heterocycles. The Balaban J connectivity index is 2.74. The van der Waals surface area contributed by atoms with Gasteiger partial charge in [0.2, 0.25) is 0 Å². The summed E-state index contributed by atoms with van der Waals surface area (Å²) in [5, 5.41) is 11.2. The molecule has 4 nitrogen and oxygen atoms in total. The van der Waals surface area contributed by atoms with Gasteiger partial charge < -0.3 is 10.1 Å². The fourth-order valence-corrected chi connectivity index (χ4v) is 1.00. The van der Waals surface area contributed by atoms with Crippen molar-refractivity contribution in [2.45, 2.75) is 0 Å². The molecule has 15 heavy (non-hydrogen) atoms. The minimum atomic E-state index is -0.526. The average molecular weight is 208 g/mol. The average Bonchev–Trinajstić information content (AvgIpc) is 2.25. The maximum absolute atomic E-state index is 12.9. The van der Waals surface area contributed by atoms with Crippen molar-refractivity contribution in [3.8, 4) is 6.07 Å². The van der Waals surface area contributed by atoms with E-state index in [1.54, 1.807) is 0 Å². The summed E-state index contributed by atoms with van der Waals surface area (Å²) < 4.78 is 17.3. The molecule has 0 aliphatic rings. The third kappa shape index (κ3) is 3.27. The Morgan fingerprint density at radius 3 is 2.93 bits per heavy atom. The van der Waals surface area contributed by atoms with Crippen LogP contribution >= 0.6 is 0 Å². The van der Waals surface area contributed by atoms with Crippen molar-refractivity contribution >= 4 is 11.7 Å². The van der Waals surface area contributed by atoms with E-state index in [0.29, 0.717) is 5.69 Å². The molecule has 1 aromatic carbocycles. The number of carbonyl (C=O) groups excluding carboxylic acids is 1. The first-order chi connectivity index (χ1) is 7.15. The highest BCUT2D eigenvalue weighted by Gasteiger charge is 2.02. The monoisotopic (exact) mass is 208 g/mol. The van der Waals surface area contributed by atoms with Gasteiger partial charge in [-0.1, -0.05) is 0 Å². The zero-order valence-electron chi connectivity index (χ0n) is 8.08. The molecule has 78 valence electrons. The van der Waals surface area contributed by atoms with Crippen molar-refractivity contribution in [1.82, 2.24) is 0 Å². The van der Waals surface area contributed by atoms with E-state index in [4.69, 9.17) is 5.26 Å². The minimum Gasteiger partial charge on any atom is -0.468 e. The second-order valence-electron chi connectivity index (χ2n) is 2.77. The molecule has 0 unspecified atom stereocenters. The van der Waals surface area contributed by atoms with Gasteiger partial charge in [-0.3, -0.25) is 4.79 Å². The number of nitrogens with zero attached hydrogens (tertiary/aromatic N) is 1. The maximum atomic E-state index is 12.9. The van der Waals surface area contributed by atoms with Crippen LogP contribution in [0, 0.1) is 17.1 Å². The molecule has 0 bridgehead atoms. The van der Waals surface area contributed by atoms with Crippen LogP contribution in [-0.4, -0.2) is 19.6 Å². The Hall–Kier alpha value is -2.09. The third-order valence-electron chi connectivity index (χ3n) is 1.69. The predicted octanol–water partition coefficient (Wildman–Crippen LogP) is 1.28. The van der Waals surface area contributed by atoms with Crippen LogP contribution < -0.4 is 5.32 Å². The van der Waals surface area contributed by atoms with Crippen molar-refractivity contribution in [3.05, 3.63) is 29.6 Å². The normalized spacial score (nSPS) is 9.13. The predicted molar refractivity (Wildman–Crippen MR) is 51.6 cm³/mol. The molecule has 0 aliphatic heterocycles. The molecular weight excluding hydrogens is 199 g/mol. The van der Waals surface area contributed by atoms with Crippen LogP contribution in [0.4, 0.5) is 10.1 Å². The molecule has 0 heterocycles. The van der Waals surface area contributed by atoms with Gasteiger partial charge in [0, 0.05) is 5.69 Å².